The molecule has 100 valence electrons. The molecule has 0 spiro atoms. The summed E-state index contributed by atoms with van der Waals surface area (Å²) in [6, 6.07) is 6.71. The van der Waals surface area contributed by atoms with Crippen molar-refractivity contribution in [3.63, 3.8) is 0 Å². The molecular weight excluding hydrogens is 403 g/mol. The molecule has 2 nitrogen and oxygen atoms in total. The van der Waals surface area contributed by atoms with Gasteiger partial charge in [0.05, 0.1) is 0 Å². The molecule has 0 bridgehead atoms. The van der Waals surface area contributed by atoms with Crippen LogP contribution in [0.5, 0.6) is 0 Å². The van der Waals surface area contributed by atoms with E-state index in [9.17, 15) is 0 Å². The summed E-state index contributed by atoms with van der Waals surface area (Å²) in [4.78, 5) is 0. The summed E-state index contributed by atoms with van der Waals surface area (Å²) >= 11 is 5.99. The van der Waals surface area contributed by atoms with Gasteiger partial charge in [-0.15, -0.1) is 0 Å². The minimum absolute atomic E-state index is 0.261. The molecule has 0 heterocycles. The van der Waals surface area contributed by atoms with E-state index < -0.39 is 0 Å². The molecule has 18 heavy (non-hydrogen) atoms. The second kappa shape index (κ2) is 7.22. The monoisotopic (exact) mass is 422 g/mol. The van der Waals surface area contributed by atoms with E-state index in [1.54, 1.807) is 0 Å². The lowest BCUT2D eigenvalue weighted by molar-refractivity contribution is 0.300. The summed E-state index contributed by atoms with van der Waals surface area (Å²) in [6.07, 6.45) is 8.05. The zero-order valence-corrected chi connectivity index (χ0v) is 14.2. The van der Waals surface area contributed by atoms with Gasteiger partial charge >= 0.3 is 0 Å². The van der Waals surface area contributed by atoms with Crippen LogP contribution >= 0.6 is 38.5 Å². The molecule has 1 saturated carbocycles. The van der Waals surface area contributed by atoms with Crippen molar-refractivity contribution >= 4 is 38.5 Å². The molecule has 1 aliphatic carbocycles. The topological polar surface area (TPSA) is 38.0 Å². The summed E-state index contributed by atoms with van der Waals surface area (Å²) < 4.78 is 2.41. The van der Waals surface area contributed by atoms with Gasteiger partial charge < -0.3 is 0 Å². The average molecular weight is 423 g/mol. The first-order chi connectivity index (χ1) is 8.70. The van der Waals surface area contributed by atoms with Crippen LogP contribution in [0.25, 0.3) is 0 Å². The minimum Gasteiger partial charge on any atom is -0.271 e. The van der Waals surface area contributed by atoms with Gasteiger partial charge in [-0.25, -0.2) is 0 Å². The van der Waals surface area contributed by atoms with Gasteiger partial charge in [-0.05, 0) is 58.7 Å². The molecule has 1 fully saturated rings. The van der Waals surface area contributed by atoms with Crippen molar-refractivity contribution in [2.24, 2.45) is 11.8 Å². The molecule has 1 aliphatic rings. The highest BCUT2D eigenvalue weighted by molar-refractivity contribution is 14.1. The number of halogens is 2. The SMILES string of the molecule is NNC(CC1CCCCC1)c1cc(I)ccc1Br. The van der Waals surface area contributed by atoms with E-state index in [1.807, 2.05) is 0 Å². The Balaban J connectivity index is 2.09. The zero-order valence-electron chi connectivity index (χ0n) is 10.5. The van der Waals surface area contributed by atoms with E-state index >= 15 is 0 Å². The summed E-state index contributed by atoms with van der Waals surface area (Å²) in [5.41, 5.74) is 4.29. The third-order valence-electron chi connectivity index (χ3n) is 3.83. The summed E-state index contributed by atoms with van der Waals surface area (Å²) in [5, 5.41) is 0. The molecular formula is C14H20BrIN2. The van der Waals surface area contributed by atoms with Crippen LogP contribution in [0.3, 0.4) is 0 Å². The fourth-order valence-corrected chi connectivity index (χ4v) is 3.86. The number of hydrogen-bond donors (Lipinski definition) is 2. The second-order valence-corrected chi connectivity index (χ2v) is 7.22. The Hall–Kier alpha value is 0.350. The van der Waals surface area contributed by atoms with Gasteiger partial charge in [0, 0.05) is 14.1 Å². The van der Waals surface area contributed by atoms with Crippen LogP contribution in [0.4, 0.5) is 0 Å². The van der Waals surface area contributed by atoms with Crippen molar-refractivity contribution in [2.75, 3.05) is 0 Å². The first kappa shape index (κ1) is 14.8. The van der Waals surface area contributed by atoms with Crippen LogP contribution in [0.2, 0.25) is 0 Å². The Bertz CT molecular complexity index is 391. The summed E-state index contributed by atoms with van der Waals surface area (Å²) in [7, 11) is 0. The summed E-state index contributed by atoms with van der Waals surface area (Å²) in [6.45, 7) is 0. The first-order valence-corrected chi connectivity index (χ1v) is 8.49. The van der Waals surface area contributed by atoms with E-state index in [2.05, 4.69) is 62.1 Å². The predicted molar refractivity (Wildman–Crippen MR) is 88.1 cm³/mol. The van der Waals surface area contributed by atoms with Crippen LogP contribution in [0.15, 0.2) is 22.7 Å². The Morgan fingerprint density at radius 1 is 1.33 bits per heavy atom. The van der Waals surface area contributed by atoms with E-state index in [-0.39, 0.29) is 6.04 Å². The molecule has 0 saturated heterocycles. The minimum atomic E-state index is 0.261. The molecule has 0 aliphatic heterocycles. The van der Waals surface area contributed by atoms with E-state index in [4.69, 9.17) is 5.84 Å². The van der Waals surface area contributed by atoms with Crippen LogP contribution < -0.4 is 11.3 Å². The smallest absolute Gasteiger partial charge is 0.0474 e. The standard InChI is InChI=1S/C14H20BrIN2/c15-13-7-6-11(16)9-12(13)14(18-17)8-10-4-2-1-3-5-10/h6-7,9-10,14,18H,1-5,8,17H2. The van der Waals surface area contributed by atoms with Gasteiger partial charge in [0.1, 0.15) is 0 Å². The number of benzene rings is 1. The maximum atomic E-state index is 5.77. The molecule has 1 aromatic rings. The van der Waals surface area contributed by atoms with Crippen LogP contribution in [-0.4, -0.2) is 0 Å². The average Bonchev–Trinajstić information content (AvgIpc) is 2.40. The Labute approximate surface area is 131 Å². The highest BCUT2D eigenvalue weighted by Gasteiger charge is 2.21. The number of nitrogens with one attached hydrogen (secondary N) is 1. The normalized spacial score (nSPS) is 18.8. The third kappa shape index (κ3) is 3.92. The molecule has 0 amide bonds. The highest BCUT2D eigenvalue weighted by atomic mass is 127. The fourth-order valence-electron chi connectivity index (χ4n) is 2.82. The van der Waals surface area contributed by atoms with Gasteiger partial charge in [-0.1, -0.05) is 48.0 Å². The quantitative estimate of drug-likeness (QED) is 0.425. The molecule has 1 atom stereocenters. The molecule has 3 N–H and O–H groups in total. The van der Waals surface area contributed by atoms with E-state index in [0.29, 0.717) is 0 Å². The predicted octanol–water partition coefficient (Wildman–Crippen LogP) is 4.53. The van der Waals surface area contributed by atoms with Gasteiger partial charge in [-0.3, -0.25) is 11.3 Å². The van der Waals surface area contributed by atoms with Crippen molar-refractivity contribution in [1.29, 1.82) is 0 Å². The largest absolute Gasteiger partial charge is 0.271 e. The van der Waals surface area contributed by atoms with Crippen molar-refractivity contribution in [2.45, 2.75) is 44.6 Å². The van der Waals surface area contributed by atoms with Gasteiger partial charge in [0.2, 0.25) is 0 Å². The number of hydrazine groups is 1. The van der Waals surface area contributed by atoms with E-state index in [0.717, 1.165) is 16.8 Å². The molecule has 1 unspecified atom stereocenters. The fraction of sp³-hybridized carbons (Fsp3) is 0.571. The highest BCUT2D eigenvalue weighted by Crippen LogP contribution is 2.34. The van der Waals surface area contributed by atoms with Crippen LogP contribution in [0.1, 0.15) is 50.1 Å². The third-order valence-corrected chi connectivity index (χ3v) is 5.22. The Morgan fingerprint density at radius 2 is 2.06 bits per heavy atom. The van der Waals surface area contributed by atoms with Crippen LogP contribution in [-0.2, 0) is 0 Å². The van der Waals surface area contributed by atoms with Crippen molar-refractivity contribution < 1.29 is 0 Å². The molecule has 0 aromatic heterocycles. The lowest BCUT2D eigenvalue weighted by Gasteiger charge is -2.27. The molecule has 1 aromatic carbocycles. The second-order valence-electron chi connectivity index (χ2n) is 5.12. The van der Waals surface area contributed by atoms with Crippen LogP contribution in [0, 0.1) is 9.49 Å². The van der Waals surface area contributed by atoms with Gasteiger partial charge in [0.15, 0.2) is 0 Å². The van der Waals surface area contributed by atoms with Gasteiger partial charge in [-0.2, -0.15) is 0 Å². The maximum Gasteiger partial charge on any atom is 0.0474 e. The first-order valence-electron chi connectivity index (χ1n) is 6.62. The lowest BCUT2D eigenvalue weighted by Crippen LogP contribution is -2.30. The Morgan fingerprint density at radius 3 is 2.72 bits per heavy atom. The summed E-state index contributed by atoms with van der Waals surface area (Å²) in [5.74, 6) is 6.59. The maximum absolute atomic E-state index is 5.77. The van der Waals surface area contributed by atoms with Gasteiger partial charge in [0.25, 0.3) is 0 Å². The molecule has 2 rings (SSSR count). The van der Waals surface area contributed by atoms with Crippen molar-refractivity contribution in [1.82, 2.24) is 5.43 Å². The van der Waals surface area contributed by atoms with E-state index in [1.165, 1.54) is 41.2 Å². The van der Waals surface area contributed by atoms with Crippen molar-refractivity contribution in [3.05, 3.63) is 31.8 Å². The zero-order chi connectivity index (χ0) is 13.0. The molecule has 0 radical (unpaired) electrons. The lowest BCUT2D eigenvalue weighted by atomic mass is 9.83. The number of nitrogens with two attached hydrogens (primary N) is 1. The van der Waals surface area contributed by atoms with Crippen molar-refractivity contribution in [3.8, 4) is 0 Å². The number of hydrogen-bond acceptors (Lipinski definition) is 2. The molecule has 4 heteroatoms. The number of rotatable bonds is 4. The Kier molecular flexibility index (Phi) is 5.92.